The van der Waals surface area contributed by atoms with Gasteiger partial charge in [0.2, 0.25) is 17.7 Å². The van der Waals surface area contributed by atoms with E-state index in [-0.39, 0.29) is 6.42 Å². The smallest absolute Gasteiger partial charge is 0.326 e. The van der Waals surface area contributed by atoms with E-state index in [9.17, 15) is 28.8 Å². The van der Waals surface area contributed by atoms with Crippen molar-refractivity contribution in [3.8, 4) is 0 Å². The number of hydrogen-bond acceptors (Lipinski definition) is 8. The van der Waals surface area contributed by atoms with Crippen LogP contribution < -0.4 is 21.7 Å². The summed E-state index contributed by atoms with van der Waals surface area (Å²) < 4.78 is 0. The van der Waals surface area contributed by atoms with E-state index in [1.165, 1.54) is 18.7 Å². The molecule has 0 saturated carbocycles. The van der Waals surface area contributed by atoms with Gasteiger partial charge in [-0.05, 0) is 31.8 Å². The Morgan fingerprint density at radius 1 is 0.839 bits per heavy atom. The van der Waals surface area contributed by atoms with Crippen LogP contribution in [0.5, 0.6) is 0 Å². The van der Waals surface area contributed by atoms with Gasteiger partial charge in [-0.25, -0.2) is 4.79 Å². The first kappa shape index (κ1) is 28.1. The summed E-state index contributed by atoms with van der Waals surface area (Å²) in [4.78, 5) is 69.5. The second-order valence-electron chi connectivity index (χ2n) is 6.61. The van der Waals surface area contributed by atoms with Crippen molar-refractivity contribution in [1.29, 1.82) is 0 Å². The fourth-order valence-electron chi connectivity index (χ4n) is 2.24. The maximum atomic E-state index is 12.4. The number of carbonyl (C=O) groups excluding carboxylic acids is 3. The van der Waals surface area contributed by atoms with Crippen molar-refractivity contribution in [2.24, 2.45) is 5.73 Å². The van der Waals surface area contributed by atoms with Crippen LogP contribution in [-0.4, -0.2) is 87.1 Å². The van der Waals surface area contributed by atoms with Gasteiger partial charge in [0.25, 0.3) is 0 Å². The molecule has 176 valence electrons. The first-order valence-corrected chi connectivity index (χ1v) is 10.6. The second kappa shape index (κ2) is 14.2. The van der Waals surface area contributed by atoms with Crippen molar-refractivity contribution in [3.05, 3.63) is 0 Å². The Morgan fingerprint density at radius 2 is 1.42 bits per heavy atom. The lowest BCUT2D eigenvalue weighted by atomic mass is 10.1. The summed E-state index contributed by atoms with van der Waals surface area (Å²) in [5.74, 6) is -6.14. The predicted octanol–water partition coefficient (Wildman–Crippen LogP) is -2.03. The van der Waals surface area contributed by atoms with E-state index in [1.54, 1.807) is 0 Å². The Hall–Kier alpha value is -2.87. The molecule has 0 aliphatic heterocycles. The number of nitrogens with two attached hydrogens (primary N) is 1. The first-order chi connectivity index (χ1) is 14.4. The Kier molecular flexibility index (Phi) is 12.9. The van der Waals surface area contributed by atoms with Crippen LogP contribution in [0.1, 0.15) is 32.6 Å². The molecule has 0 spiro atoms. The predicted molar refractivity (Wildman–Crippen MR) is 109 cm³/mol. The van der Waals surface area contributed by atoms with Gasteiger partial charge in [-0.2, -0.15) is 11.8 Å². The zero-order chi connectivity index (χ0) is 24.1. The molecular formula is C17H28N4O9S. The molecule has 31 heavy (non-hydrogen) atoms. The van der Waals surface area contributed by atoms with Crippen molar-refractivity contribution in [2.75, 3.05) is 12.0 Å². The molecule has 0 aliphatic carbocycles. The fourth-order valence-corrected chi connectivity index (χ4v) is 2.73. The molecule has 0 saturated heterocycles. The van der Waals surface area contributed by atoms with Gasteiger partial charge in [0.15, 0.2) is 0 Å². The number of carboxylic acids is 3. The van der Waals surface area contributed by atoms with Crippen LogP contribution in [0.25, 0.3) is 0 Å². The number of hydrogen-bond donors (Lipinski definition) is 7. The minimum absolute atomic E-state index is 0.306. The van der Waals surface area contributed by atoms with Crippen molar-refractivity contribution in [1.82, 2.24) is 16.0 Å². The molecule has 0 aromatic rings. The number of carboxylic acid groups (broad SMARTS) is 3. The summed E-state index contributed by atoms with van der Waals surface area (Å²) in [6.45, 7) is 1.22. The van der Waals surface area contributed by atoms with E-state index >= 15 is 0 Å². The highest BCUT2D eigenvalue weighted by Gasteiger charge is 2.29. The van der Waals surface area contributed by atoms with Crippen LogP contribution in [0, 0.1) is 0 Å². The van der Waals surface area contributed by atoms with Crippen molar-refractivity contribution in [3.63, 3.8) is 0 Å². The summed E-state index contributed by atoms with van der Waals surface area (Å²) in [6.07, 6.45) is 0.482. The zero-order valence-electron chi connectivity index (χ0n) is 17.1. The van der Waals surface area contributed by atoms with E-state index in [2.05, 4.69) is 16.0 Å². The molecule has 0 radical (unpaired) electrons. The van der Waals surface area contributed by atoms with Gasteiger partial charge in [0.1, 0.15) is 18.1 Å². The number of carbonyl (C=O) groups is 6. The average Bonchev–Trinajstić information content (AvgIpc) is 2.67. The monoisotopic (exact) mass is 464 g/mol. The number of nitrogens with one attached hydrogen (secondary N) is 3. The number of aliphatic carboxylic acids is 3. The van der Waals surface area contributed by atoms with E-state index < -0.39 is 72.6 Å². The topological polar surface area (TPSA) is 225 Å². The van der Waals surface area contributed by atoms with Gasteiger partial charge in [0, 0.05) is 6.42 Å². The summed E-state index contributed by atoms with van der Waals surface area (Å²) in [5, 5.41) is 33.2. The molecule has 0 aromatic carbocycles. The highest BCUT2D eigenvalue weighted by Crippen LogP contribution is 2.02. The van der Waals surface area contributed by atoms with E-state index in [0.29, 0.717) is 12.2 Å². The molecular weight excluding hydrogens is 436 g/mol. The minimum Gasteiger partial charge on any atom is -0.481 e. The SMILES string of the molecule is CSCCC(N)C(=O)NC(CC(=O)O)C(=O)NC(C)C(=O)NC(CCC(=O)O)C(=O)O. The van der Waals surface area contributed by atoms with Gasteiger partial charge in [-0.3, -0.25) is 24.0 Å². The standard InChI is InChI=1S/C17H28N4O9S/c1-8(14(26)20-10(17(29)30)3-4-12(22)23)19-16(28)11(7-13(24)25)21-15(27)9(18)5-6-31-2/h8-11H,3-7,18H2,1-2H3,(H,19,28)(H,20,26)(H,21,27)(H,22,23)(H,24,25)(H,29,30). The lowest BCUT2D eigenvalue weighted by Gasteiger charge is -2.22. The van der Waals surface area contributed by atoms with Gasteiger partial charge < -0.3 is 37.0 Å². The summed E-state index contributed by atoms with van der Waals surface area (Å²) >= 11 is 1.45. The van der Waals surface area contributed by atoms with E-state index in [1.807, 2.05) is 6.26 Å². The highest BCUT2D eigenvalue weighted by atomic mass is 32.2. The molecule has 0 heterocycles. The third-order valence-corrected chi connectivity index (χ3v) is 4.64. The molecule has 4 unspecified atom stereocenters. The van der Waals surface area contributed by atoms with Crippen LogP contribution in [0.3, 0.4) is 0 Å². The molecule has 3 amide bonds. The van der Waals surface area contributed by atoms with Crippen LogP contribution in [-0.2, 0) is 28.8 Å². The first-order valence-electron chi connectivity index (χ1n) is 9.21. The Balaban J connectivity index is 5.03. The van der Waals surface area contributed by atoms with Crippen LogP contribution in [0.15, 0.2) is 0 Å². The molecule has 13 nitrogen and oxygen atoms in total. The Morgan fingerprint density at radius 3 is 1.90 bits per heavy atom. The molecule has 14 heteroatoms. The second-order valence-corrected chi connectivity index (χ2v) is 7.59. The molecule has 8 N–H and O–H groups in total. The van der Waals surface area contributed by atoms with Crippen LogP contribution in [0.4, 0.5) is 0 Å². The highest BCUT2D eigenvalue weighted by molar-refractivity contribution is 7.98. The number of rotatable bonds is 15. The van der Waals surface area contributed by atoms with E-state index in [0.717, 1.165) is 0 Å². The van der Waals surface area contributed by atoms with Crippen molar-refractivity contribution in [2.45, 2.75) is 56.8 Å². The lowest BCUT2D eigenvalue weighted by molar-refractivity contribution is -0.144. The molecule has 0 fully saturated rings. The molecule has 0 rings (SSSR count). The van der Waals surface area contributed by atoms with Gasteiger partial charge in [0.05, 0.1) is 12.5 Å². The normalized spacial score (nSPS) is 14.4. The van der Waals surface area contributed by atoms with E-state index in [4.69, 9.17) is 21.1 Å². The maximum Gasteiger partial charge on any atom is 0.326 e. The Bertz CT molecular complexity index is 689. The lowest BCUT2D eigenvalue weighted by Crippen LogP contribution is -2.56. The quantitative estimate of drug-likeness (QED) is 0.140. The van der Waals surface area contributed by atoms with Gasteiger partial charge >= 0.3 is 17.9 Å². The zero-order valence-corrected chi connectivity index (χ0v) is 17.9. The van der Waals surface area contributed by atoms with Crippen LogP contribution in [0.2, 0.25) is 0 Å². The summed E-state index contributed by atoms with van der Waals surface area (Å²) in [6, 6.07) is -5.25. The minimum atomic E-state index is -1.51. The molecule has 0 aliphatic rings. The van der Waals surface area contributed by atoms with Crippen LogP contribution >= 0.6 is 11.8 Å². The fraction of sp³-hybridized carbons (Fsp3) is 0.647. The number of thioether (sulfide) groups is 1. The third-order valence-electron chi connectivity index (χ3n) is 3.99. The third kappa shape index (κ3) is 11.8. The molecule has 4 atom stereocenters. The number of amides is 3. The van der Waals surface area contributed by atoms with Crippen molar-refractivity contribution < 1.29 is 44.1 Å². The maximum absolute atomic E-state index is 12.4. The van der Waals surface area contributed by atoms with Crippen molar-refractivity contribution >= 4 is 47.4 Å². The summed E-state index contributed by atoms with van der Waals surface area (Å²) in [7, 11) is 0. The Labute approximate surface area is 182 Å². The molecule has 0 aromatic heterocycles. The average molecular weight is 464 g/mol. The molecule has 0 bridgehead atoms. The van der Waals surface area contributed by atoms with Gasteiger partial charge in [-0.1, -0.05) is 0 Å². The van der Waals surface area contributed by atoms with Gasteiger partial charge in [-0.15, -0.1) is 0 Å². The largest absolute Gasteiger partial charge is 0.481 e. The summed E-state index contributed by atoms with van der Waals surface area (Å²) in [5.41, 5.74) is 5.70.